The first-order valence-electron chi connectivity index (χ1n) is 7.74. The van der Waals surface area contributed by atoms with E-state index in [0.29, 0.717) is 17.0 Å². The van der Waals surface area contributed by atoms with Crippen LogP contribution >= 0.6 is 0 Å². The number of nitrogens with zero attached hydrogens (tertiary/aromatic N) is 4. The molecule has 128 valence electrons. The largest absolute Gasteiger partial charge is 0.478 e. The maximum absolute atomic E-state index is 13.2. The molecule has 0 bridgehead atoms. The van der Waals surface area contributed by atoms with Crippen LogP contribution in [0.15, 0.2) is 67.3 Å². The summed E-state index contributed by atoms with van der Waals surface area (Å²) in [6, 6.07) is 12.5. The summed E-state index contributed by atoms with van der Waals surface area (Å²) >= 11 is 0. The molecule has 26 heavy (non-hydrogen) atoms. The van der Waals surface area contributed by atoms with E-state index in [1.807, 2.05) is 10.5 Å². The molecular formula is C18H13N5O3. The van der Waals surface area contributed by atoms with Crippen LogP contribution < -0.4 is 4.90 Å². The fourth-order valence-corrected chi connectivity index (χ4v) is 2.72. The number of aromatic carboxylic acids is 1. The van der Waals surface area contributed by atoms with Gasteiger partial charge in [0.1, 0.15) is 16.9 Å². The molecule has 8 nitrogen and oxygen atoms in total. The number of hydrogen-bond donors (Lipinski definition) is 2. The summed E-state index contributed by atoms with van der Waals surface area (Å²) in [4.78, 5) is 30.2. The summed E-state index contributed by atoms with van der Waals surface area (Å²) in [5.41, 5.74) is 1.55. The molecule has 8 heteroatoms. The van der Waals surface area contributed by atoms with Gasteiger partial charge in [-0.1, -0.05) is 18.2 Å². The molecule has 0 radical (unpaired) electrons. The monoisotopic (exact) mass is 347 g/mol. The maximum atomic E-state index is 13.2. The van der Waals surface area contributed by atoms with Gasteiger partial charge in [0.25, 0.3) is 5.91 Å². The number of nitrogens with one attached hydrogen (secondary N) is 1. The van der Waals surface area contributed by atoms with E-state index in [1.54, 1.807) is 55.0 Å². The highest BCUT2D eigenvalue weighted by molar-refractivity contribution is 6.14. The van der Waals surface area contributed by atoms with Crippen LogP contribution in [0.5, 0.6) is 0 Å². The lowest BCUT2D eigenvalue weighted by atomic mass is 10.2. The highest BCUT2D eigenvalue weighted by Gasteiger charge is 2.26. The fraction of sp³-hybridized carbons (Fsp3) is 0. The number of aromatic nitrogens is 4. The smallest absolute Gasteiger partial charge is 0.339 e. The number of carboxylic acids is 1. The summed E-state index contributed by atoms with van der Waals surface area (Å²) in [6.45, 7) is 0. The molecule has 4 rings (SSSR count). The zero-order chi connectivity index (χ0) is 18.1. The first kappa shape index (κ1) is 15.6. The predicted molar refractivity (Wildman–Crippen MR) is 93.7 cm³/mol. The van der Waals surface area contributed by atoms with E-state index in [2.05, 4.69) is 15.2 Å². The number of aromatic amines is 1. The van der Waals surface area contributed by atoms with Gasteiger partial charge in [0, 0.05) is 30.3 Å². The summed E-state index contributed by atoms with van der Waals surface area (Å²) in [5, 5.41) is 15.5. The van der Waals surface area contributed by atoms with Crippen LogP contribution in [0, 0.1) is 0 Å². The van der Waals surface area contributed by atoms with Crippen molar-refractivity contribution in [3.63, 3.8) is 0 Å². The fourth-order valence-electron chi connectivity index (χ4n) is 2.72. The minimum Gasteiger partial charge on any atom is -0.478 e. The summed E-state index contributed by atoms with van der Waals surface area (Å²) in [6.07, 6.45) is 6.36. The Hall–Kier alpha value is -3.94. The summed E-state index contributed by atoms with van der Waals surface area (Å²) in [5.74, 6) is -1.75. The Kier molecular flexibility index (Phi) is 3.70. The number of carbonyl (C=O) groups is 2. The quantitative estimate of drug-likeness (QED) is 0.591. The molecule has 0 aliphatic rings. The summed E-state index contributed by atoms with van der Waals surface area (Å²) < 4.78 is 1.82. The molecule has 3 heterocycles. The Morgan fingerprint density at radius 2 is 1.88 bits per heavy atom. The number of para-hydroxylation sites is 1. The first-order chi connectivity index (χ1) is 12.6. The third kappa shape index (κ3) is 2.59. The number of anilines is 2. The Morgan fingerprint density at radius 1 is 1.08 bits per heavy atom. The number of hydrogen-bond acceptors (Lipinski definition) is 4. The third-order valence-corrected chi connectivity index (χ3v) is 3.94. The Morgan fingerprint density at radius 3 is 2.65 bits per heavy atom. The van der Waals surface area contributed by atoms with Crippen LogP contribution in [-0.2, 0) is 0 Å². The second-order valence-electron chi connectivity index (χ2n) is 5.52. The maximum Gasteiger partial charge on any atom is 0.339 e. The lowest BCUT2D eigenvalue weighted by molar-refractivity contribution is 0.0692. The van der Waals surface area contributed by atoms with Crippen LogP contribution in [0.4, 0.5) is 11.4 Å². The van der Waals surface area contributed by atoms with Gasteiger partial charge in [-0.3, -0.25) is 14.8 Å². The van der Waals surface area contributed by atoms with E-state index in [1.165, 1.54) is 4.90 Å². The van der Waals surface area contributed by atoms with Crippen molar-refractivity contribution < 1.29 is 14.7 Å². The normalized spacial score (nSPS) is 10.8. The van der Waals surface area contributed by atoms with E-state index in [0.717, 1.165) is 6.20 Å². The number of fused-ring (bicyclic) bond motifs is 1. The molecule has 4 aromatic rings. The Balaban J connectivity index is 1.87. The van der Waals surface area contributed by atoms with E-state index in [-0.39, 0.29) is 11.3 Å². The highest BCUT2D eigenvalue weighted by atomic mass is 16.4. The van der Waals surface area contributed by atoms with E-state index < -0.39 is 11.9 Å². The molecule has 0 atom stereocenters. The van der Waals surface area contributed by atoms with Gasteiger partial charge in [-0.2, -0.15) is 5.10 Å². The standard InChI is InChI=1S/C18H13N5O3/c24-17(16-14(18(25)26)11-20-21-16)23(12-4-2-1-3-5-12)13-6-8-22-9-7-19-15(22)10-13/h1-11H,(H,20,21)(H,25,26). The Labute approximate surface area is 147 Å². The zero-order valence-electron chi connectivity index (χ0n) is 13.4. The topological polar surface area (TPSA) is 104 Å². The number of amides is 1. The number of rotatable bonds is 4. The predicted octanol–water partition coefficient (Wildman–Crippen LogP) is 2.73. The van der Waals surface area contributed by atoms with Gasteiger partial charge < -0.3 is 9.51 Å². The molecule has 0 fully saturated rings. The van der Waals surface area contributed by atoms with E-state index in [4.69, 9.17) is 0 Å². The summed E-state index contributed by atoms with van der Waals surface area (Å²) in [7, 11) is 0. The van der Waals surface area contributed by atoms with Crippen LogP contribution in [0.1, 0.15) is 20.8 Å². The SMILES string of the molecule is O=C(O)c1cn[nH]c1C(=O)N(c1ccccc1)c1ccn2ccnc2c1. The third-order valence-electron chi connectivity index (χ3n) is 3.94. The van der Waals surface area contributed by atoms with Crippen LogP contribution in [0.3, 0.4) is 0 Å². The average molecular weight is 347 g/mol. The molecule has 0 saturated carbocycles. The number of carboxylic acid groups (broad SMARTS) is 1. The minimum atomic E-state index is -1.22. The average Bonchev–Trinajstić information content (AvgIpc) is 3.31. The van der Waals surface area contributed by atoms with E-state index >= 15 is 0 Å². The number of pyridine rings is 1. The van der Waals surface area contributed by atoms with E-state index in [9.17, 15) is 14.7 Å². The zero-order valence-corrected chi connectivity index (χ0v) is 13.4. The van der Waals surface area contributed by atoms with Crippen molar-refractivity contribution in [3.8, 4) is 0 Å². The lowest BCUT2D eigenvalue weighted by Gasteiger charge is -2.22. The van der Waals surface area contributed by atoms with Crippen LogP contribution in [0.2, 0.25) is 0 Å². The van der Waals surface area contributed by atoms with Gasteiger partial charge in [-0.25, -0.2) is 9.78 Å². The molecule has 0 unspecified atom stereocenters. The minimum absolute atomic E-state index is 0.0930. The van der Waals surface area contributed by atoms with Gasteiger partial charge in [-0.05, 0) is 18.2 Å². The Bertz CT molecular complexity index is 1100. The molecular weight excluding hydrogens is 334 g/mol. The second-order valence-corrected chi connectivity index (χ2v) is 5.52. The van der Waals surface area contributed by atoms with Gasteiger partial charge in [-0.15, -0.1) is 0 Å². The first-order valence-corrected chi connectivity index (χ1v) is 7.74. The highest BCUT2D eigenvalue weighted by Crippen LogP contribution is 2.28. The molecule has 0 saturated heterocycles. The molecule has 3 aromatic heterocycles. The van der Waals surface area contributed by atoms with Gasteiger partial charge >= 0.3 is 5.97 Å². The van der Waals surface area contributed by atoms with Crippen LogP contribution in [0.25, 0.3) is 5.65 Å². The van der Waals surface area contributed by atoms with Gasteiger partial charge in [0.2, 0.25) is 0 Å². The molecule has 2 N–H and O–H groups in total. The van der Waals surface area contributed by atoms with Crippen molar-refractivity contribution >= 4 is 28.9 Å². The molecule has 1 amide bonds. The molecule has 0 aliphatic heterocycles. The van der Waals surface area contributed by atoms with Crippen molar-refractivity contribution in [1.29, 1.82) is 0 Å². The number of H-pyrrole nitrogens is 1. The van der Waals surface area contributed by atoms with Crippen molar-refractivity contribution in [2.45, 2.75) is 0 Å². The van der Waals surface area contributed by atoms with Gasteiger partial charge in [0.05, 0.1) is 11.9 Å². The van der Waals surface area contributed by atoms with Crippen molar-refractivity contribution in [1.82, 2.24) is 19.6 Å². The molecule has 0 aliphatic carbocycles. The number of carbonyl (C=O) groups excluding carboxylic acids is 1. The number of benzene rings is 1. The second kappa shape index (κ2) is 6.17. The van der Waals surface area contributed by atoms with Crippen molar-refractivity contribution in [3.05, 3.63) is 78.5 Å². The van der Waals surface area contributed by atoms with Gasteiger partial charge in [0.15, 0.2) is 0 Å². The van der Waals surface area contributed by atoms with Crippen molar-refractivity contribution in [2.75, 3.05) is 4.90 Å². The molecule has 0 spiro atoms. The lowest BCUT2D eigenvalue weighted by Crippen LogP contribution is -2.28. The van der Waals surface area contributed by atoms with Crippen LogP contribution in [-0.4, -0.2) is 36.6 Å². The molecule has 1 aromatic carbocycles. The van der Waals surface area contributed by atoms with Crippen molar-refractivity contribution in [2.24, 2.45) is 0 Å². The number of imidazole rings is 1.